The van der Waals surface area contributed by atoms with E-state index in [1.165, 1.54) is 4.68 Å². The van der Waals surface area contributed by atoms with Gasteiger partial charge in [-0.3, -0.25) is 9.36 Å². The molecule has 1 N–H and O–H groups in total. The minimum absolute atomic E-state index is 0.112. The van der Waals surface area contributed by atoms with Gasteiger partial charge in [-0.25, -0.2) is 19.6 Å². The summed E-state index contributed by atoms with van der Waals surface area (Å²) in [5.74, 6) is 1.56. The van der Waals surface area contributed by atoms with Crippen LogP contribution in [-0.4, -0.2) is 46.9 Å². The number of anilines is 1. The molecule has 5 rings (SSSR count). The first-order valence-electron chi connectivity index (χ1n) is 9.32. The summed E-state index contributed by atoms with van der Waals surface area (Å²) in [6, 6.07) is 5.43. The summed E-state index contributed by atoms with van der Waals surface area (Å²) in [5, 5.41) is 4.53. The lowest BCUT2D eigenvalue weighted by Gasteiger charge is -2.26. The highest BCUT2D eigenvalue weighted by molar-refractivity contribution is 5.87. The normalized spacial score (nSPS) is 16.9. The third-order valence-electron chi connectivity index (χ3n) is 5.19. The van der Waals surface area contributed by atoms with E-state index in [-0.39, 0.29) is 11.6 Å². The second-order valence-electron chi connectivity index (χ2n) is 7.08. The Balaban J connectivity index is 1.48. The number of rotatable bonds is 4. The molecule has 1 aliphatic rings. The average molecular weight is 376 g/mol. The summed E-state index contributed by atoms with van der Waals surface area (Å²) in [7, 11) is 0. The minimum Gasteiger partial charge on any atom is -0.354 e. The smallest absolute Gasteiger partial charge is 0.266 e. The van der Waals surface area contributed by atoms with Gasteiger partial charge in [-0.2, -0.15) is 5.10 Å². The van der Waals surface area contributed by atoms with Crippen molar-refractivity contribution in [1.82, 2.24) is 34.3 Å². The SMILES string of the molecule is Cc1cc2ncnc(N3CCCC3Cn3nc(-n4ccnc4)ccc3=O)c2[nH]1. The van der Waals surface area contributed by atoms with Crippen LogP contribution < -0.4 is 10.5 Å². The predicted molar refractivity (Wildman–Crippen MR) is 105 cm³/mol. The Morgan fingerprint density at radius 1 is 1.29 bits per heavy atom. The number of aromatic amines is 1. The molecule has 4 aromatic rings. The number of aromatic nitrogens is 7. The summed E-state index contributed by atoms with van der Waals surface area (Å²) < 4.78 is 3.33. The number of hydrogen-bond acceptors (Lipinski definition) is 6. The standard InChI is InChI=1S/C19H20N8O/c1-13-9-15-18(23-13)19(22-11-21-15)26-7-2-3-14(26)10-27-17(28)5-4-16(24-27)25-8-6-20-12-25/h4-6,8-9,11-12,14,23H,2-3,7,10H2,1H3. The van der Waals surface area contributed by atoms with Crippen LogP contribution in [0.1, 0.15) is 18.5 Å². The predicted octanol–water partition coefficient (Wildman–Crippen LogP) is 1.68. The van der Waals surface area contributed by atoms with E-state index in [4.69, 9.17) is 0 Å². The fourth-order valence-corrected chi connectivity index (χ4v) is 3.88. The summed E-state index contributed by atoms with van der Waals surface area (Å²) in [4.78, 5) is 31.0. The van der Waals surface area contributed by atoms with Crippen LogP contribution in [0.25, 0.3) is 16.9 Å². The molecule has 1 atom stereocenters. The summed E-state index contributed by atoms with van der Waals surface area (Å²) >= 11 is 0. The maximum Gasteiger partial charge on any atom is 0.266 e. The second-order valence-corrected chi connectivity index (χ2v) is 7.08. The number of hydrogen-bond donors (Lipinski definition) is 1. The fraction of sp³-hybridized carbons (Fsp3) is 0.316. The molecule has 28 heavy (non-hydrogen) atoms. The van der Waals surface area contributed by atoms with Gasteiger partial charge in [-0.05, 0) is 31.9 Å². The lowest BCUT2D eigenvalue weighted by Crippen LogP contribution is -2.37. The maximum atomic E-state index is 12.4. The topological polar surface area (TPSA) is 97.5 Å². The molecule has 142 valence electrons. The Kier molecular flexibility index (Phi) is 3.92. The highest BCUT2D eigenvalue weighted by Gasteiger charge is 2.28. The van der Waals surface area contributed by atoms with E-state index in [1.54, 1.807) is 35.6 Å². The van der Waals surface area contributed by atoms with Gasteiger partial charge >= 0.3 is 0 Å². The first kappa shape index (κ1) is 16.7. The Morgan fingerprint density at radius 3 is 3.07 bits per heavy atom. The van der Waals surface area contributed by atoms with E-state index < -0.39 is 0 Å². The van der Waals surface area contributed by atoms with Crippen LogP contribution in [0.3, 0.4) is 0 Å². The lowest BCUT2D eigenvalue weighted by atomic mass is 10.2. The fourth-order valence-electron chi connectivity index (χ4n) is 3.88. The number of imidazole rings is 1. The summed E-state index contributed by atoms with van der Waals surface area (Å²) in [6.07, 6.45) is 8.80. The zero-order valence-corrected chi connectivity index (χ0v) is 15.5. The molecule has 1 unspecified atom stereocenters. The van der Waals surface area contributed by atoms with Crippen molar-refractivity contribution in [1.29, 1.82) is 0 Å². The van der Waals surface area contributed by atoms with E-state index in [0.29, 0.717) is 12.4 Å². The van der Waals surface area contributed by atoms with E-state index >= 15 is 0 Å². The molecule has 0 bridgehead atoms. The molecule has 0 spiro atoms. The second kappa shape index (κ2) is 6.59. The van der Waals surface area contributed by atoms with Crippen molar-refractivity contribution in [2.24, 2.45) is 0 Å². The van der Waals surface area contributed by atoms with Crippen LogP contribution in [0.4, 0.5) is 5.82 Å². The van der Waals surface area contributed by atoms with Crippen molar-refractivity contribution >= 4 is 16.9 Å². The van der Waals surface area contributed by atoms with Gasteiger partial charge in [0.25, 0.3) is 5.56 Å². The molecule has 1 aliphatic heterocycles. The van der Waals surface area contributed by atoms with Crippen molar-refractivity contribution in [3.63, 3.8) is 0 Å². The minimum atomic E-state index is -0.112. The van der Waals surface area contributed by atoms with Crippen molar-refractivity contribution in [3.05, 3.63) is 59.3 Å². The third-order valence-corrected chi connectivity index (χ3v) is 5.19. The Hall–Kier alpha value is -3.49. The zero-order chi connectivity index (χ0) is 19.1. The molecular formula is C19H20N8O. The van der Waals surface area contributed by atoms with Gasteiger partial charge in [0.1, 0.15) is 18.2 Å². The highest BCUT2D eigenvalue weighted by Crippen LogP contribution is 2.29. The number of fused-ring (bicyclic) bond motifs is 1. The molecule has 9 nitrogen and oxygen atoms in total. The number of nitrogens with one attached hydrogen (secondary N) is 1. The molecule has 0 radical (unpaired) electrons. The van der Waals surface area contributed by atoms with Gasteiger partial charge < -0.3 is 9.88 Å². The number of aryl methyl sites for hydroxylation is 1. The molecule has 1 fully saturated rings. The number of nitrogens with zero attached hydrogens (tertiary/aromatic N) is 7. The van der Waals surface area contributed by atoms with Crippen LogP contribution >= 0.6 is 0 Å². The lowest BCUT2D eigenvalue weighted by molar-refractivity contribution is 0.484. The van der Waals surface area contributed by atoms with Gasteiger partial charge in [0, 0.05) is 30.7 Å². The van der Waals surface area contributed by atoms with Crippen LogP contribution in [-0.2, 0) is 6.54 Å². The first-order valence-corrected chi connectivity index (χ1v) is 9.32. The zero-order valence-electron chi connectivity index (χ0n) is 15.5. The average Bonchev–Trinajstić information content (AvgIpc) is 3.43. The molecule has 0 amide bonds. The Labute approximate surface area is 160 Å². The maximum absolute atomic E-state index is 12.4. The monoisotopic (exact) mass is 376 g/mol. The molecule has 1 saturated heterocycles. The van der Waals surface area contributed by atoms with Crippen molar-refractivity contribution in [2.75, 3.05) is 11.4 Å². The Bertz CT molecular complexity index is 1180. The first-order chi connectivity index (χ1) is 13.7. The Morgan fingerprint density at radius 2 is 2.21 bits per heavy atom. The van der Waals surface area contributed by atoms with Crippen LogP contribution in [0.5, 0.6) is 0 Å². The van der Waals surface area contributed by atoms with E-state index in [0.717, 1.165) is 41.9 Å². The molecular weight excluding hydrogens is 356 g/mol. The van der Waals surface area contributed by atoms with Gasteiger partial charge in [0.2, 0.25) is 0 Å². The van der Waals surface area contributed by atoms with E-state index in [1.807, 2.05) is 19.2 Å². The van der Waals surface area contributed by atoms with Crippen molar-refractivity contribution in [2.45, 2.75) is 32.4 Å². The molecule has 0 saturated carbocycles. The van der Waals surface area contributed by atoms with Crippen LogP contribution in [0.15, 0.2) is 48.0 Å². The molecule has 9 heteroatoms. The molecule has 0 aliphatic carbocycles. The van der Waals surface area contributed by atoms with Gasteiger partial charge in [-0.15, -0.1) is 0 Å². The number of H-pyrrole nitrogens is 1. The van der Waals surface area contributed by atoms with Crippen LogP contribution in [0, 0.1) is 6.92 Å². The summed E-state index contributed by atoms with van der Waals surface area (Å²) in [5.41, 5.74) is 2.79. The molecule has 5 heterocycles. The highest BCUT2D eigenvalue weighted by atomic mass is 16.1. The molecule has 4 aromatic heterocycles. The van der Waals surface area contributed by atoms with Crippen molar-refractivity contribution < 1.29 is 0 Å². The summed E-state index contributed by atoms with van der Waals surface area (Å²) in [6.45, 7) is 3.41. The van der Waals surface area contributed by atoms with E-state index in [9.17, 15) is 4.79 Å². The van der Waals surface area contributed by atoms with Gasteiger partial charge in [0.05, 0.1) is 18.1 Å². The molecule has 0 aromatic carbocycles. The quantitative estimate of drug-likeness (QED) is 0.582. The van der Waals surface area contributed by atoms with Crippen molar-refractivity contribution in [3.8, 4) is 5.82 Å². The van der Waals surface area contributed by atoms with Crippen LogP contribution in [0.2, 0.25) is 0 Å². The van der Waals surface area contributed by atoms with Gasteiger partial charge in [0.15, 0.2) is 11.6 Å². The van der Waals surface area contributed by atoms with Gasteiger partial charge in [-0.1, -0.05) is 0 Å². The largest absolute Gasteiger partial charge is 0.354 e. The van der Waals surface area contributed by atoms with E-state index in [2.05, 4.69) is 29.9 Å². The third kappa shape index (κ3) is 2.84.